The van der Waals surface area contributed by atoms with Gasteiger partial charge in [-0.1, -0.05) is 26.0 Å². The van der Waals surface area contributed by atoms with Crippen LogP contribution in [0.1, 0.15) is 71.1 Å². The highest BCUT2D eigenvalue weighted by Gasteiger charge is 2.15. The lowest BCUT2D eigenvalue weighted by molar-refractivity contribution is 0.0702. The average Bonchev–Trinajstić information content (AvgIpc) is 3.16. The van der Waals surface area contributed by atoms with Gasteiger partial charge in [-0.25, -0.2) is 4.79 Å². The van der Waals surface area contributed by atoms with Crippen LogP contribution in [-0.2, 0) is 12.8 Å². The van der Waals surface area contributed by atoms with E-state index in [9.17, 15) is 4.79 Å². The molecule has 0 aliphatic heterocycles. The highest BCUT2D eigenvalue weighted by Crippen LogP contribution is 2.32. The van der Waals surface area contributed by atoms with Crippen molar-refractivity contribution in [2.24, 2.45) is 0 Å². The summed E-state index contributed by atoms with van der Waals surface area (Å²) in [6, 6.07) is 10.1. The van der Waals surface area contributed by atoms with Gasteiger partial charge in [0.05, 0.1) is 6.61 Å². The van der Waals surface area contributed by atoms with Gasteiger partial charge in [-0.3, -0.25) is 0 Å². The molecule has 0 aliphatic carbocycles. The molecule has 5 heteroatoms. The molecule has 1 aromatic carbocycles. The third-order valence-electron chi connectivity index (χ3n) is 4.83. The van der Waals surface area contributed by atoms with Gasteiger partial charge in [0.15, 0.2) is 0 Å². The summed E-state index contributed by atoms with van der Waals surface area (Å²) >= 11 is 1.39. The molecule has 0 saturated heterocycles. The largest absolute Gasteiger partial charge is 0.493 e. The average molecular weight is 391 g/mol. The number of carbonyl (C=O) groups is 1. The molecule has 2 aromatic rings. The number of unbranched alkanes of at least 4 members (excludes halogenated alkanes) is 1. The van der Waals surface area contributed by atoms with E-state index in [-0.39, 0.29) is 6.61 Å². The lowest BCUT2D eigenvalue weighted by Crippen LogP contribution is -2.02. The van der Waals surface area contributed by atoms with Crippen LogP contribution in [0.4, 0.5) is 0 Å². The Morgan fingerprint density at radius 1 is 1.19 bits per heavy atom. The second kappa shape index (κ2) is 11.1. The van der Waals surface area contributed by atoms with Gasteiger partial charge < -0.3 is 14.9 Å². The van der Waals surface area contributed by atoms with Gasteiger partial charge in [0.1, 0.15) is 10.6 Å². The summed E-state index contributed by atoms with van der Waals surface area (Å²) < 4.78 is 5.86. The minimum atomic E-state index is -0.844. The number of hydrogen-bond acceptors (Lipinski definition) is 4. The molecule has 2 N–H and O–H groups in total. The van der Waals surface area contributed by atoms with Gasteiger partial charge in [-0.2, -0.15) is 0 Å². The summed E-state index contributed by atoms with van der Waals surface area (Å²) in [4.78, 5) is 12.7. The van der Waals surface area contributed by atoms with Crippen LogP contribution >= 0.6 is 11.3 Å². The van der Waals surface area contributed by atoms with Crippen molar-refractivity contribution in [1.29, 1.82) is 0 Å². The molecular formula is C22H30O4S. The first-order valence-electron chi connectivity index (χ1n) is 9.77. The fourth-order valence-electron chi connectivity index (χ4n) is 3.18. The lowest BCUT2D eigenvalue weighted by Gasteiger charge is -2.15. The predicted octanol–water partition coefficient (Wildman–Crippen LogP) is 5.29. The van der Waals surface area contributed by atoms with Crippen LogP contribution in [0.2, 0.25) is 0 Å². The van der Waals surface area contributed by atoms with Crippen LogP contribution < -0.4 is 4.74 Å². The highest BCUT2D eigenvalue weighted by atomic mass is 32.1. The number of carboxylic acids is 1. The number of rotatable bonds is 12. The zero-order valence-corrected chi connectivity index (χ0v) is 17.1. The van der Waals surface area contributed by atoms with E-state index in [2.05, 4.69) is 32.0 Å². The van der Waals surface area contributed by atoms with Gasteiger partial charge in [0.2, 0.25) is 0 Å². The topological polar surface area (TPSA) is 66.8 Å². The number of aryl methyl sites for hydroxylation is 2. The van der Waals surface area contributed by atoms with E-state index in [1.54, 1.807) is 6.07 Å². The Kier molecular flexibility index (Phi) is 8.82. The molecule has 0 bridgehead atoms. The smallest absolute Gasteiger partial charge is 0.345 e. The van der Waals surface area contributed by atoms with Gasteiger partial charge in [-0.15, -0.1) is 11.3 Å². The third-order valence-corrected chi connectivity index (χ3v) is 6.07. The number of aliphatic hydroxyl groups excluding tert-OH is 1. The molecule has 1 atom stereocenters. The summed E-state index contributed by atoms with van der Waals surface area (Å²) in [7, 11) is 0. The Hall–Kier alpha value is -1.85. The number of aromatic carboxylic acids is 1. The molecule has 1 unspecified atom stereocenters. The van der Waals surface area contributed by atoms with E-state index in [1.165, 1.54) is 22.5 Å². The predicted molar refractivity (Wildman–Crippen MR) is 110 cm³/mol. The van der Waals surface area contributed by atoms with E-state index in [0.717, 1.165) is 49.2 Å². The quantitative estimate of drug-likeness (QED) is 0.484. The molecule has 1 heterocycles. The molecule has 0 fully saturated rings. The van der Waals surface area contributed by atoms with E-state index in [0.29, 0.717) is 17.4 Å². The van der Waals surface area contributed by atoms with E-state index < -0.39 is 5.97 Å². The Balaban J connectivity index is 1.97. The fraction of sp³-hybridized carbons (Fsp3) is 0.500. The van der Waals surface area contributed by atoms with Crippen LogP contribution in [0.3, 0.4) is 0 Å². The van der Waals surface area contributed by atoms with E-state index in [1.807, 2.05) is 6.07 Å². The fourth-order valence-corrected chi connectivity index (χ4v) is 4.24. The lowest BCUT2D eigenvalue weighted by atomic mass is 9.94. The first-order chi connectivity index (χ1) is 13.1. The summed E-state index contributed by atoms with van der Waals surface area (Å²) in [5.41, 5.74) is 2.51. The van der Waals surface area contributed by atoms with Crippen LogP contribution in [0.25, 0.3) is 0 Å². The Bertz CT molecular complexity index is 723. The molecule has 2 rings (SSSR count). The van der Waals surface area contributed by atoms with Gasteiger partial charge in [0, 0.05) is 11.5 Å². The SMILES string of the molecule is CCc1cc(CCC(CC)c2ccc(C(=O)O)s2)ccc1OCCCCO. The molecule has 0 radical (unpaired) electrons. The maximum absolute atomic E-state index is 11.1. The minimum Gasteiger partial charge on any atom is -0.493 e. The maximum Gasteiger partial charge on any atom is 0.345 e. The molecule has 0 aliphatic rings. The molecule has 1 aromatic heterocycles. The van der Waals surface area contributed by atoms with Crippen molar-refractivity contribution >= 4 is 17.3 Å². The van der Waals surface area contributed by atoms with Gasteiger partial charge >= 0.3 is 5.97 Å². The first-order valence-corrected chi connectivity index (χ1v) is 10.6. The second-order valence-corrected chi connectivity index (χ2v) is 7.84. The Morgan fingerprint density at radius 2 is 2.00 bits per heavy atom. The molecular weight excluding hydrogens is 360 g/mol. The normalized spacial score (nSPS) is 12.1. The number of aliphatic hydroxyl groups is 1. The van der Waals surface area contributed by atoms with Crippen LogP contribution in [-0.4, -0.2) is 29.4 Å². The number of carboxylic acid groups (broad SMARTS) is 1. The van der Waals surface area contributed by atoms with Gasteiger partial charge in [0.25, 0.3) is 0 Å². The van der Waals surface area contributed by atoms with E-state index in [4.69, 9.17) is 14.9 Å². The number of ether oxygens (including phenoxy) is 1. The summed E-state index contributed by atoms with van der Waals surface area (Å²) in [6.07, 6.45) is 5.54. The Morgan fingerprint density at radius 3 is 2.63 bits per heavy atom. The van der Waals surface area contributed by atoms with Gasteiger partial charge in [-0.05, 0) is 73.8 Å². The second-order valence-electron chi connectivity index (χ2n) is 6.73. The van der Waals surface area contributed by atoms with Crippen molar-refractivity contribution in [3.05, 3.63) is 51.2 Å². The monoisotopic (exact) mass is 390 g/mol. The molecule has 27 heavy (non-hydrogen) atoms. The molecule has 0 saturated carbocycles. The molecule has 0 amide bonds. The summed E-state index contributed by atoms with van der Waals surface area (Å²) in [6.45, 7) is 5.13. The maximum atomic E-state index is 11.1. The number of hydrogen-bond donors (Lipinski definition) is 2. The number of benzene rings is 1. The highest BCUT2D eigenvalue weighted by molar-refractivity contribution is 7.14. The van der Waals surface area contributed by atoms with Crippen molar-refractivity contribution in [1.82, 2.24) is 0 Å². The molecule has 4 nitrogen and oxygen atoms in total. The van der Waals surface area contributed by atoms with Crippen LogP contribution in [0.5, 0.6) is 5.75 Å². The standard InChI is InChI=1S/C22H30O4S/c1-3-17(20-11-12-21(27-20)22(24)25)9-7-16-8-10-19(18(4-2)15-16)26-14-6-5-13-23/h8,10-12,15,17,23H,3-7,9,13-14H2,1-2H3,(H,24,25). The van der Waals surface area contributed by atoms with Crippen molar-refractivity contribution in [2.75, 3.05) is 13.2 Å². The summed E-state index contributed by atoms with van der Waals surface area (Å²) in [5, 5.41) is 18.0. The Labute approximate surface area is 165 Å². The molecule has 0 spiro atoms. The van der Waals surface area contributed by atoms with Crippen molar-refractivity contribution in [3.8, 4) is 5.75 Å². The van der Waals surface area contributed by atoms with Crippen molar-refractivity contribution in [3.63, 3.8) is 0 Å². The minimum absolute atomic E-state index is 0.208. The first kappa shape index (κ1) is 21.5. The zero-order chi connectivity index (χ0) is 19.6. The van der Waals surface area contributed by atoms with Crippen LogP contribution in [0, 0.1) is 0 Å². The number of thiophene rings is 1. The third kappa shape index (κ3) is 6.36. The van der Waals surface area contributed by atoms with Crippen LogP contribution in [0.15, 0.2) is 30.3 Å². The van der Waals surface area contributed by atoms with E-state index >= 15 is 0 Å². The summed E-state index contributed by atoms with van der Waals surface area (Å²) in [5.74, 6) is 0.487. The zero-order valence-electron chi connectivity index (χ0n) is 16.2. The van der Waals surface area contributed by atoms with Crippen molar-refractivity contribution in [2.45, 2.75) is 58.3 Å². The van der Waals surface area contributed by atoms with Crippen molar-refractivity contribution < 1.29 is 19.7 Å². The molecule has 148 valence electrons.